The van der Waals surface area contributed by atoms with E-state index in [4.69, 9.17) is 11.6 Å². The monoisotopic (exact) mass is 381 g/mol. The topological polar surface area (TPSA) is 62.7 Å². The Hall–Kier alpha value is -2.45. The molecule has 0 saturated heterocycles. The normalized spacial score (nSPS) is 13.0. The van der Waals surface area contributed by atoms with Gasteiger partial charge >= 0.3 is 6.18 Å². The van der Waals surface area contributed by atoms with E-state index in [0.29, 0.717) is 23.4 Å². The van der Waals surface area contributed by atoms with E-state index < -0.39 is 17.8 Å². The van der Waals surface area contributed by atoms with Crippen molar-refractivity contribution in [2.75, 3.05) is 18.9 Å². The molecule has 1 atom stereocenters. The number of aromatic nitrogens is 3. The highest BCUT2D eigenvalue weighted by atomic mass is 35.5. The second-order valence-corrected chi connectivity index (χ2v) is 6.01. The van der Waals surface area contributed by atoms with Gasteiger partial charge in [-0.05, 0) is 30.8 Å². The molecule has 3 aromatic rings. The summed E-state index contributed by atoms with van der Waals surface area (Å²) in [7, 11) is 1.72. The molecule has 0 bridgehead atoms. The molecule has 3 rings (SSSR count). The van der Waals surface area contributed by atoms with Gasteiger partial charge in [-0.1, -0.05) is 17.7 Å². The Bertz CT molecular complexity index is 911. The number of fused-ring (bicyclic) bond motifs is 1. The number of hydrogen-bond donors (Lipinski definition) is 2. The summed E-state index contributed by atoms with van der Waals surface area (Å²) in [5, 5.41) is 6.56. The second-order valence-electron chi connectivity index (χ2n) is 5.61. The first-order valence-electron chi connectivity index (χ1n) is 7.72. The molecular formula is C17H15ClF3N5. The number of pyridine rings is 1. The lowest BCUT2D eigenvalue weighted by Gasteiger charge is -2.21. The lowest BCUT2D eigenvalue weighted by atomic mass is 10.0. The third-order valence-corrected chi connectivity index (χ3v) is 4.19. The van der Waals surface area contributed by atoms with Gasteiger partial charge in [0.05, 0.1) is 28.3 Å². The molecule has 0 unspecified atom stereocenters. The summed E-state index contributed by atoms with van der Waals surface area (Å²) in [6.07, 6.45) is 0.0592. The number of anilines is 1. The fraction of sp³-hybridized carbons (Fsp3) is 0.235. The second kappa shape index (κ2) is 7.43. The zero-order valence-electron chi connectivity index (χ0n) is 13.7. The summed E-state index contributed by atoms with van der Waals surface area (Å²) < 4.78 is 39.5. The third-order valence-electron chi connectivity index (χ3n) is 3.86. The molecule has 0 spiro atoms. The lowest BCUT2D eigenvalue weighted by molar-refractivity contribution is -0.137. The lowest BCUT2D eigenvalue weighted by Crippen LogP contribution is -2.24. The van der Waals surface area contributed by atoms with E-state index >= 15 is 0 Å². The van der Waals surface area contributed by atoms with E-state index in [-0.39, 0.29) is 5.02 Å². The van der Waals surface area contributed by atoms with Crippen molar-refractivity contribution in [3.8, 4) is 0 Å². The number of benzene rings is 1. The summed E-state index contributed by atoms with van der Waals surface area (Å²) in [5.41, 5.74) is 0.216. The van der Waals surface area contributed by atoms with E-state index in [1.807, 2.05) is 0 Å². The van der Waals surface area contributed by atoms with Crippen LogP contribution in [-0.4, -0.2) is 28.5 Å². The van der Waals surface area contributed by atoms with E-state index in [0.717, 1.165) is 11.5 Å². The molecule has 2 heterocycles. The largest absolute Gasteiger partial charge is 0.417 e. The van der Waals surface area contributed by atoms with Crippen LogP contribution in [-0.2, 0) is 6.18 Å². The molecule has 0 aliphatic rings. The van der Waals surface area contributed by atoms with Crippen LogP contribution in [0.25, 0.3) is 10.9 Å². The van der Waals surface area contributed by atoms with Gasteiger partial charge in [-0.2, -0.15) is 13.2 Å². The number of rotatable bonds is 5. The number of nitrogens with zero attached hydrogens (tertiary/aromatic N) is 3. The van der Waals surface area contributed by atoms with Crippen LogP contribution in [0.3, 0.4) is 0 Å². The van der Waals surface area contributed by atoms with Crippen molar-refractivity contribution in [2.24, 2.45) is 0 Å². The summed E-state index contributed by atoms with van der Waals surface area (Å²) in [6.45, 7) is 0.384. The Balaban J connectivity index is 2.00. The number of alkyl halides is 3. The summed E-state index contributed by atoms with van der Waals surface area (Å²) in [6, 6.07) is 5.17. The SMILES string of the molecule is CNC[C@@H](Nc1ncnc2cnccc12)c1ccc(Cl)c(C(F)(F)F)c1. The van der Waals surface area contributed by atoms with E-state index in [1.54, 1.807) is 31.6 Å². The van der Waals surface area contributed by atoms with Crippen molar-refractivity contribution >= 4 is 28.3 Å². The highest BCUT2D eigenvalue weighted by Crippen LogP contribution is 2.36. The van der Waals surface area contributed by atoms with Crippen molar-refractivity contribution in [3.05, 3.63) is 59.1 Å². The fourth-order valence-electron chi connectivity index (χ4n) is 2.62. The molecule has 2 aromatic heterocycles. The first kappa shape index (κ1) is 18.3. The fourth-order valence-corrected chi connectivity index (χ4v) is 2.85. The van der Waals surface area contributed by atoms with Crippen LogP contribution in [0.15, 0.2) is 43.0 Å². The van der Waals surface area contributed by atoms with Gasteiger partial charge in [0.15, 0.2) is 0 Å². The molecule has 26 heavy (non-hydrogen) atoms. The van der Waals surface area contributed by atoms with Crippen molar-refractivity contribution < 1.29 is 13.2 Å². The molecule has 0 fully saturated rings. The highest BCUT2D eigenvalue weighted by Gasteiger charge is 2.34. The van der Waals surface area contributed by atoms with Crippen LogP contribution in [0.4, 0.5) is 19.0 Å². The standard InChI is InChI=1S/C17H15ClF3N5/c1-22-7-14(10-2-3-13(18)12(6-10)17(19,20)21)26-16-11-4-5-23-8-15(11)24-9-25-16/h2-6,8-9,14,22H,7H2,1H3,(H,24,25,26)/t14-/m1/s1. The third kappa shape index (κ3) is 3.86. The molecule has 0 aliphatic carbocycles. The Kier molecular flexibility index (Phi) is 5.24. The van der Waals surface area contributed by atoms with Gasteiger partial charge in [-0.3, -0.25) is 4.98 Å². The molecule has 0 aliphatic heterocycles. The average Bonchev–Trinajstić information content (AvgIpc) is 2.61. The predicted molar refractivity (Wildman–Crippen MR) is 94.1 cm³/mol. The van der Waals surface area contributed by atoms with Crippen molar-refractivity contribution in [2.45, 2.75) is 12.2 Å². The van der Waals surface area contributed by atoms with Gasteiger partial charge in [-0.15, -0.1) is 0 Å². The Morgan fingerprint density at radius 3 is 2.73 bits per heavy atom. The number of nitrogens with one attached hydrogen (secondary N) is 2. The van der Waals surface area contributed by atoms with Crippen LogP contribution in [0.1, 0.15) is 17.2 Å². The zero-order valence-corrected chi connectivity index (χ0v) is 14.4. The van der Waals surface area contributed by atoms with Crippen molar-refractivity contribution in [1.29, 1.82) is 0 Å². The molecule has 5 nitrogen and oxygen atoms in total. The van der Waals surface area contributed by atoms with Crippen LogP contribution in [0.5, 0.6) is 0 Å². The molecule has 0 amide bonds. The smallest absolute Gasteiger partial charge is 0.361 e. The summed E-state index contributed by atoms with van der Waals surface area (Å²) in [4.78, 5) is 12.4. The maximum absolute atomic E-state index is 13.2. The molecular weight excluding hydrogens is 367 g/mol. The van der Waals surface area contributed by atoms with Crippen molar-refractivity contribution in [1.82, 2.24) is 20.3 Å². The Morgan fingerprint density at radius 2 is 2.00 bits per heavy atom. The first-order chi connectivity index (χ1) is 12.4. The van der Waals surface area contributed by atoms with Gasteiger partial charge in [0.25, 0.3) is 0 Å². The predicted octanol–water partition coefficient (Wildman–Crippen LogP) is 4.07. The van der Waals surface area contributed by atoms with Gasteiger partial charge in [0.2, 0.25) is 0 Å². The molecule has 136 valence electrons. The zero-order chi connectivity index (χ0) is 18.7. The maximum atomic E-state index is 13.2. The quantitative estimate of drug-likeness (QED) is 0.697. The molecule has 0 saturated carbocycles. The average molecular weight is 382 g/mol. The number of halogens is 4. The maximum Gasteiger partial charge on any atom is 0.417 e. The van der Waals surface area contributed by atoms with Crippen LogP contribution in [0.2, 0.25) is 5.02 Å². The number of likely N-dealkylation sites (N-methyl/N-ethyl adjacent to an activating group) is 1. The van der Waals surface area contributed by atoms with Gasteiger partial charge in [0.1, 0.15) is 12.1 Å². The molecule has 0 radical (unpaired) electrons. The van der Waals surface area contributed by atoms with Crippen molar-refractivity contribution in [3.63, 3.8) is 0 Å². The molecule has 9 heteroatoms. The Labute approximate surface area is 152 Å². The molecule has 2 N–H and O–H groups in total. The van der Waals surface area contributed by atoms with Gasteiger partial charge < -0.3 is 10.6 Å². The Morgan fingerprint density at radius 1 is 1.19 bits per heavy atom. The van der Waals surface area contributed by atoms with Crippen LogP contribution >= 0.6 is 11.6 Å². The van der Waals surface area contributed by atoms with Crippen LogP contribution < -0.4 is 10.6 Å². The highest BCUT2D eigenvalue weighted by molar-refractivity contribution is 6.31. The van der Waals surface area contributed by atoms with Gasteiger partial charge in [0, 0.05) is 18.1 Å². The van der Waals surface area contributed by atoms with E-state index in [1.165, 1.54) is 12.4 Å². The summed E-state index contributed by atoms with van der Waals surface area (Å²) >= 11 is 5.72. The minimum absolute atomic E-state index is 0.331. The minimum Gasteiger partial charge on any atom is -0.361 e. The van der Waals surface area contributed by atoms with E-state index in [2.05, 4.69) is 25.6 Å². The molecule has 1 aromatic carbocycles. The summed E-state index contributed by atoms with van der Waals surface area (Å²) in [5.74, 6) is 0.515. The van der Waals surface area contributed by atoms with Crippen LogP contribution in [0, 0.1) is 0 Å². The number of hydrogen-bond acceptors (Lipinski definition) is 5. The first-order valence-corrected chi connectivity index (χ1v) is 8.10. The van der Waals surface area contributed by atoms with E-state index in [9.17, 15) is 13.2 Å². The van der Waals surface area contributed by atoms with Gasteiger partial charge in [-0.25, -0.2) is 9.97 Å². The minimum atomic E-state index is -4.52.